The van der Waals surface area contributed by atoms with Gasteiger partial charge in [0.1, 0.15) is 5.78 Å². The number of ketones is 1. The Morgan fingerprint density at radius 3 is 2.59 bits per heavy atom. The summed E-state index contributed by atoms with van der Waals surface area (Å²) < 4.78 is 0. The minimum Gasteiger partial charge on any atom is -0.299 e. The molecule has 0 N–H and O–H groups in total. The average molecular weight is 224 g/mol. The number of carbonyl (C=O) groups is 1. The summed E-state index contributed by atoms with van der Waals surface area (Å²) in [5.41, 5.74) is 1.20. The molecule has 1 fully saturated rings. The zero-order valence-corrected chi connectivity index (χ0v) is 9.86. The molecule has 0 heterocycles. The summed E-state index contributed by atoms with van der Waals surface area (Å²) in [7, 11) is 0. The lowest BCUT2D eigenvalue weighted by atomic mass is 9.82. The van der Waals surface area contributed by atoms with Crippen molar-refractivity contribution < 1.29 is 4.79 Å². The highest BCUT2D eigenvalue weighted by Gasteiger charge is 2.23. The van der Waals surface area contributed by atoms with E-state index in [1.807, 2.05) is 6.07 Å². The molecule has 17 heavy (non-hydrogen) atoms. The van der Waals surface area contributed by atoms with Crippen LogP contribution in [-0.2, 0) is 4.79 Å². The second-order valence-corrected chi connectivity index (χ2v) is 4.87. The van der Waals surface area contributed by atoms with Gasteiger partial charge in [-0.25, -0.2) is 0 Å². The lowest BCUT2D eigenvalue weighted by Crippen LogP contribution is -2.16. The van der Waals surface area contributed by atoms with Crippen LogP contribution in [-0.4, -0.2) is 5.78 Å². The van der Waals surface area contributed by atoms with Crippen molar-refractivity contribution >= 4 is 16.6 Å². The summed E-state index contributed by atoms with van der Waals surface area (Å²) in [5.74, 6) is 0.569. The van der Waals surface area contributed by atoms with E-state index in [1.54, 1.807) is 0 Å². The van der Waals surface area contributed by atoms with E-state index >= 15 is 0 Å². The van der Waals surface area contributed by atoms with E-state index in [4.69, 9.17) is 0 Å². The molecule has 1 nitrogen and oxygen atoms in total. The maximum atomic E-state index is 11.9. The van der Waals surface area contributed by atoms with Crippen LogP contribution in [0.3, 0.4) is 0 Å². The van der Waals surface area contributed by atoms with E-state index in [0.717, 1.165) is 19.3 Å². The van der Waals surface area contributed by atoms with Crippen LogP contribution in [0.1, 0.15) is 37.2 Å². The first kappa shape index (κ1) is 10.5. The van der Waals surface area contributed by atoms with Gasteiger partial charge >= 0.3 is 0 Å². The molecule has 2 aromatic carbocycles. The summed E-state index contributed by atoms with van der Waals surface area (Å²) in [6, 6.07) is 14.8. The Balaban J connectivity index is 2.02. The Kier molecular flexibility index (Phi) is 2.68. The van der Waals surface area contributed by atoms with Crippen LogP contribution in [0.2, 0.25) is 0 Å². The van der Waals surface area contributed by atoms with Crippen molar-refractivity contribution in [2.24, 2.45) is 0 Å². The lowest BCUT2D eigenvalue weighted by Gasteiger charge is -2.21. The molecule has 0 saturated heterocycles. The number of fused-ring (bicyclic) bond motifs is 1. The smallest absolute Gasteiger partial charge is 0.140 e. The Morgan fingerprint density at radius 2 is 1.76 bits per heavy atom. The van der Waals surface area contributed by atoms with Crippen molar-refractivity contribution in [3.8, 4) is 0 Å². The van der Waals surface area contributed by atoms with E-state index in [0.29, 0.717) is 5.78 Å². The molecule has 0 spiro atoms. The van der Waals surface area contributed by atoms with Crippen LogP contribution in [0.5, 0.6) is 0 Å². The fraction of sp³-hybridized carbons (Fsp3) is 0.312. The van der Waals surface area contributed by atoms with E-state index in [1.165, 1.54) is 22.8 Å². The van der Waals surface area contributed by atoms with Crippen LogP contribution in [0.15, 0.2) is 42.5 Å². The number of hydrogen-bond donors (Lipinski definition) is 0. The van der Waals surface area contributed by atoms with Crippen molar-refractivity contribution in [3.05, 3.63) is 48.0 Å². The van der Waals surface area contributed by atoms with Crippen molar-refractivity contribution in [3.63, 3.8) is 0 Å². The molecule has 1 aliphatic carbocycles. The van der Waals surface area contributed by atoms with Gasteiger partial charge < -0.3 is 0 Å². The number of benzene rings is 2. The molecule has 1 saturated carbocycles. The summed E-state index contributed by atoms with van der Waals surface area (Å²) in [6.07, 6.45) is 4.04. The molecule has 3 rings (SSSR count). The maximum Gasteiger partial charge on any atom is 0.140 e. The minimum absolute atomic E-state index is 0.147. The summed E-state index contributed by atoms with van der Waals surface area (Å²) >= 11 is 0. The quantitative estimate of drug-likeness (QED) is 0.713. The Morgan fingerprint density at radius 1 is 0.941 bits per heavy atom. The van der Waals surface area contributed by atoms with E-state index < -0.39 is 0 Å². The molecule has 86 valence electrons. The zero-order chi connectivity index (χ0) is 11.7. The molecule has 1 aliphatic rings. The van der Waals surface area contributed by atoms with Crippen molar-refractivity contribution in [1.29, 1.82) is 0 Å². The highest BCUT2D eigenvalue weighted by Crippen LogP contribution is 2.31. The van der Waals surface area contributed by atoms with Gasteiger partial charge in [-0.3, -0.25) is 4.79 Å². The third kappa shape index (κ3) is 1.97. The first-order valence-electron chi connectivity index (χ1n) is 6.36. The van der Waals surface area contributed by atoms with Gasteiger partial charge in [0.05, 0.1) is 0 Å². The first-order valence-corrected chi connectivity index (χ1v) is 6.36. The third-order valence-electron chi connectivity index (χ3n) is 3.73. The molecule has 0 aliphatic heterocycles. The standard InChI is InChI=1S/C16H16O/c17-16-8-4-3-7-15(16)14-10-9-12-5-1-2-6-13(12)11-14/h1-2,5-6,9-11,15H,3-4,7-8H2. The Labute approximate surface area is 101 Å². The van der Waals surface area contributed by atoms with Crippen LogP contribution < -0.4 is 0 Å². The molecule has 0 aromatic heterocycles. The van der Waals surface area contributed by atoms with Crippen molar-refractivity contribution in [2.75, 3.05) is 0 Å². The van der Waals surface area contributed by atoms with Gasteiger partial charge in [-0.1, -0.05) is 48.9 Å². The molecule has 1 atom stereocenters. The number of hydrogen-bond acceptors (Lipinski definition) is 1. The molecule has 0 bridgehead atoms. The first-order chi connectivity index (χ1) is 8.34. The van der Waals surface area contributed by atoms with Crippen LogP contribution in [0.4, 0.5) is 0 Å². The molecule has 0 amide bonds. The Hall–Kier alpha value is -1.63. The van der Waals surface area contributed by atoms with Gasteiger partial charge in [0, 0.05) is 12.3 Å². The van der Waals surface area contributed by atoms with Gasteiger partial charge in [-0.05, 0) is 29.2 Å². The summed E-state index contributed by atoms with van der Waals surface area (Å²) in [5, 5.41) is 2.49. The summed E-state index contributed by atoms with van der Waals surface area (Å²) in [6.45, 7) is 0. The zero-order valence-electron chi connectivity index (χ0n) is 9.86. The van der Waals surface area contributed by atoms with Crippen molar-refractivity contribution in [2.45, 2.75) is 31.6 Å². The Bertz CT molecular complexity index is 556. The highest BCUT2D eigenvalue weighted by atomic mass is 16.1. The average Bonchev–Trinajstić information content (AvgIpc) is 2.39. The monoisotopic (exact) mass is 224 g/mol. The van der Waals surface area contributed by atoms with Gasteiger partial charge in [-0.15, -0.1) is 0 Å². The molecular weight excluding hydrogens is 208 g/mol. The SMILES string of the molecule is O=C1CCCCC1c1ccc2ccccc2c1. The molecule has 1 unspecified atom stereocenters. The normalized spacial score (nSPS) is 20.7. The van der Waals surface area contributed by atoms with E-state index in [-0.39, 0.29) is 5.92 Å². The maximum absolute atomic E-state index is 11.9. The van der Waals surface area contributed by atoms with Gasteiger partial charge in [-0.2, -0.15) is 0 Å². The predicted molar refractivity (Wildman–Crippen MR) is 70.2 cm³/mol. The number of rotatable bonds is 1. The van der Waals surface area contributed by atoms with Crippen molar-refractivity contribution in [1.82, 2.24) is 0 Å². The lowest BCUT2D eigenvalue weighted by molar-refractivity contribution is -0.121. The molecule has 2 aromatic rings. The van der Waals surface area contributed by atoms with Crippen LogP contribution in [0, 0.1) is 0 Å². The number of Topliss-reactive ketones (excluding diaryl/α,β-unsaturated/α-hetero) is 1. The summed E-state index contributed by atoms with van der Waals surface area (Å²) in [4.78, 5) is 11.9. The van der Waals surface area contributed by atoms with Gasteiger partial charge in [0.25, 0.3) is 0 Å². The molecule has 1 heteroatoms. The van der Waals surface area contributed by atoms with Crippen LogP contribution >= 0.6 is 0 Å². The third-order valence-corrected chi connectivity index (χ3v) is 3.73. The largest absolute Gasteiger partial charge is 0.299 e. The van der Waals surface area contributed by atoms with Gasteiger partial charge in [0.15, 0.2) is 0 Å². The van der Waals surface area contributed by atoms with E-state index in [2.05, 4.69) is 36.4 Å². The van der Waals surface area contributed by atoms with Crippen LogP contribution in [0.25, 0.3) is 10.8 Å². The minimum atomic E-state index is 0.147. The second-order valence-electron chi connectivity index (χ2n) is 4.87. The molecule has 0 radical (unpaired) electrons. The predicted octanol–water partition coefficient (Wildman–Crippen LogP) is 4.07. The highest BCUT2D eigenvalue weighted by molar-refractivity contribution is 5.89. The number of carbonyl (C=O) groups excluding carboxylic acids is 1. The second kappa shape index (κ2) is 4.33. The van der Waals surface area contributed by atoms with Gasteiger partial charge in [0.2, 0.25) is 0 Å². The fourth-order valence-corrected chi connectivity index (χ4v) is 2.76. The molecular formula is C16H16O. The fourth-order valence-electron chi connectivity index (χ4n) is 2.76. The van der Waals surface area contributed by atoms with E-state index in [9.17, 15) is 4.79 Å². The topological polar surface area (TPSA) is 17.1 Å².